The number of nitrogens with one attached hydrogen (secondary N) is 1. The summed E-state index contributed by atoms with van der Waals surface area (Å²) >= 11 is 0. The van der Waals surface area contributed by atoms with Crippen LogP contribution in [0.4, 0.5) is 5.69 Å². The van der Waals surface area contributed by atoms with Gasteiger partial charge in [-0.3, -0.25) is 9.59 Å². The van der Waals surface area contributed by atoms with Gasteiger partial charge in [-0.05, 0) is 44.2 Å². The highest BCUT2D eigenvalue weighted by atomic mass is 16.5. The van der Waals surface area contributed by atoms with Crippen molar-refractivity contribution < 1.29 is 14.3 Å². The lowest BCUT2D eigenvalue weighted by molar-refractivity contribution is -0.146. The summed E-state index contributed by atoms with van der Waals surface area (Å²) in [5.74, 6) is 0.461. The standard InChI is InChI=1S/C19H22N2O3/c1-12-4-2-5-14-15(12)16(22)20-8-9-21(14)17(23)19-10-13(19)11-24-18(19)6-3-7-18/h2,4-5,13H,3,6-11H2,1H3,(H,20,22)/t13-,19-/m0/s1. The van der Waals surface area contributed by atoms with Crippen molar-refractivity contribution >= 4 is 17.5 Å². The van der Waals surface area contributed by atoms with E-state index in [1.54, 1.807) is 0 Å². The lowest BCUT2D eigenvalue weighted by atomic mass is 9.68. The van der Waals surface area contributed by atoms with Crippen molar-refractivity contribution in [3.63, 3.8) is 0 Å². The van der Waals surface area contributed by atoms with E-state index in [0.29, 0.717) is 24.6 Å². The van der Waals surface area contributed by atoms with Crippen LogP contribution in [0.3, 0.4) is 0 Å². The van der Waals surface area contributed by atoms with Gasteiger partial charge in [-0.1, -0.05) is 12.1 Å². The third-order valence-corrected chi connectivity index (χ3v) is 6.66. The maximum Gasteiger partial charge on any atom is 0.253 e. The van der Waals surface area contributed by atoms with Crippen molar-refractivity contribution in [3.8, 4) is 0 Å². The summed E-state index contributed by atoms with van der Waals surface area (Å²) in [6.45, 7) is 3.67. The van der Waals surface area contributed by atoms with Crippen molar-refractivity contribution in [2.75, 3.05) is 24.6 Å². The topological polar surface area (TPSA) is 58.6 Å². The van der Waals surface area contributed by atoms with Crippen LogP contribution >= 0.6 is 0 Å². The summed E-state index contributed by atoms with van der Waals surface area (Å²) in [5, 5.41) is 2.93. The van der Waals surface area contributed by atoms with E-state index in [1.807, 2.05) is 30.0 Å². The summed E-state index contributed by atoms with van der Waals surface area (Å²) in [4.78, 5) is 27.9. The van der Waals surface area contributed by atoms with E-state index in [2.05, 4.69) is 5.32 Å². The molecule has 2 atom stereocenters. The molecule has 1 aromatic rings. The number of nitrogens with zero attached hydrogens (tertiary/aromatic N) is 1. The first-order chi connectivity index (χ1) is 11.6. The Morgan fingerprint density at radius 3 is 2.92 bits per heavy atom. The fourth-order valence-electron chi connectivity index (χ4n) is 5.14. The maximum atomic E-state index is 13.6. The smallest absolute Gasteiger partial charge is 0.253 e. The van der Waals surface area contributed by atoms with Crippen LogP contribution in [0.2, 0.25) is 0 Å². The van der Waals surface area contributed by atoms with E-state index in [1.165, 1.54) is 0 Å². The van der Waals surface area contributed by atoms with Gasteiger partial charge in [-0.2, -0.15) is 0 Å². The Hall–Kier alpha value is -1.88. The van der Waals surface area contributed by atoms with Crippen molar-refractivity contribution in [1.29, 1.82) is 0 Å². The molecule has 126 valence electrons. The summed E-state index contributed by atoms with van der Waals surface area (Å²) in [5.41, 5.74) is 1.76. The van der Waals surface area contributed by atoms with Crippen molar-refractivity contribution in [2.45, 2.75) is 38.2 Å². The van der Waals surface area contributed by atoms with Crippen LogP contribution in [0.1, 0.15) is 41.6 Å². The summed E-state index contributed by atoms with van der Waals surface area (Å²) in [7, 11) is 0. The van der Waals surface area contributed by atoms with Gasteiger partial charge in [-0.15, -0.1) is 0 Å². The van der Waals surface area contributed by atoms with E-state index < -0.39 is 0 Å². The van der Waals surface area contributed by atoms with Gasteiger partial charge in [0.1, 0.15) is 0 Å². The third kappa shape index (κ3) is 1.59. The van der Waals surface area contributed by atoms with Crippen LogP contribution in [0.5, 0.6) is 0 Å². The zero-order chi connectivity index (χ0) is 16.5. The molecular weight excluding hydrogens is 304 g/mol. The molecular formula is C19H22N2O3. The second-order valence-electron chi connectivity index (χ2n) is 7.71. The Bertz CT molecular complexity index is 755. The van der Waals surface area contributed by atoms with Crippen molar-refractivity contribution in [3.05, 3.63) is 29.3 Å². The molecule has 1 saturated heterocycles. The summed E-state index contributed by atoms with van der Waals surface area (Å²) in [6.07, 6.45) is 4.10. The summed E-state index contributed by atoms with van der Waals surface area (Å²) in [6, 6.07) is 5.76. The van der Waals surface area contributed by atoms with Crippen molar-refractivity contribution in [1.82, 2.24) is 5.32 Å². The number of rotatable bonds is 1. The average molecular weight is 326 g/mol. The molecule has 2 amide bonds. The first-order valence-corrected chi connectivity index (χ1v) is 8.93. The quantitative estimate of drug-likeness (QED) is 0.859. The highest BCUT2D eigenvalue weighted by molar-refractivity contribution is 6.09. The number of amides is 2. The zero-order valence-electron chi connectivity index (χ0n) is 13.9. The number of aryl methyl sites for hydroxylation is 1. The summed E-state index contributed by atoms with van der Waals surface area (Å²) < 4.78 is 6.09. The minimum atomic E-state index is -0.334. The molecule has 3 fully saturated rings. The van der Waals surface area contributed by atoms with E-state index in [0.717, 1.165) is 43.5 Å². The number of hydrogen-bond donors (Lipinski definition) is 1. The molecule has 1 aromatic carbocycles. The molecule has 0 radical (unpaired) electrons. The maximum absolute atomic E-state index is 13.6. The Labute approximate surface area is 141 Å². The molecule has 0 unspecified atom stereocenters. The first kappa shape index (κ1) is 14.5. The number of ether oxygens (including phenoxy) is 1. The SMILES string of the molecule is Cc1cccc2c1C(=O)NCCN2C(=O)[C@]12C[C@H]1COC21CCC1. The average Bonchev–Trinajstić information content (AvgIpc) is 3.20. The van der Waals surface area contributed by atoms with Crippen LogP contribution < -0.4 is 10.2 Å². The van der Waals surface area contributed by atoms with Crippen LogP contribution in [-0.2, 0) is 9.53 Å². The van der Waals surface area contributed by atoms with E-state index >= 15 is 0 Å². The predicted molar refractivity (Wildman–Crippen MR) is 88.9 cm³/mol. The Morgan fingerprint density at radius 1 is 1.38 bits per heavy atom. The van der Waals surface area contributed by atoms with Gasteiger partial charge in [0, 0.05) is 19.0 Å². The molecule has 5 heteroatoms. The highest BCUT2D eigenvalue weighted by Crippen LogP contribution is 2.72. The van der Waals surface area contributed by atoms with E-state index in [4.69, 9.17) is 4.74 Å². The molecule has 1 spiro atoms. The van der Waals surface area contributed by atoms with Gasteiger partial charge in [0.2, 0.25) is 5.91 Å². The van der Waals surface area contributed by atoms with Crippen LogP contribution in [-0.4, -0.2) is 37.1 Å². The fraction of sp³-hybridized carbons (Fsp3) is 0.579. The number of hydrogen-bond acceptors (Lipinski definition) is 3. The Kier molecular flexibility index (Phi) is 2.77. The zero-order valence-corrected chi connectivity index (χ0v) is 13.9. The highest BCUT2D eigenvalue weighted by Gasteiger charge is 2.78. The molecule has 4 aliphatic rings. The van der Waals surface area contributed by atoms with Crippen LogP contribution in [0.25, 0.3) is 0 Å². The second-order valence-corrected chi connectivity index (χ2v) is 7.71. The number of fused-ring (bicyclic) bond motifs is 3. The lowest BCUT2D eigenvalue weighted by Gasteiger charge is -2.45. The molecule has 1 N–H and O–H groups in total. The van der Waals surface area contributed by atoms with Gasteiger partial charge >= 0.3 is 0 Å². The molecule has 2 heterocycles. The predicted octanol–water partition coefficient (Wildman–Crippen LogP) is 2.03. The van der Waals surface area contributed by atoms with Gasteiger partial charge in [0.15, 0.2) is 0 Å². The van der Waals surface area contributed by atoms with E-state index in [9.17, 15) is 9.59 Å². The first-order valence-electron chi connectivity index (χ1n) is 8.93. The molecule has 0 aromatic heterocycles. The minimum absolute atomic E-state index is 0.0794. The van der Waals surface area contributed by atoms with Gasteiger partial charge < -0.3 is 15.0 Å². The van der Waals surface area contributed by atoms with Gasteiger partial charge in [0.25, 0.3) is 5.91 Å². The minimum Gasteiger partial charge on any atom is -0.374 e. The molecule has 2 aliphatic heterocycles. The lowest BCUT2D eigenvalue weighted by Crippen LogP contribution is -2.54. The van der Waals surface area contributed by atoms with Gasteiger partial charge in [-0.25, -0.2) is 0 Å². The monoisotopic (exact) mass is 326 g/mol. The number of carbonyl (C=O) groups excluding carboxylic acids is 2. The van der Waals surface area contributed by atoms with Crippen LogP contribution in [0.15, 0.2) is 18.2 Å². The normalized spacial score (nSPS) is 32.5. The Morgan fingerprint density at radius 2 is 2.21 bits per heavy atom. The van der Waals surface area contributed by atoms with Gasteiger partial charge in [0.05, 0.1) is 28.9 Å². The molecule has 5 nitrogen and oxygen atoms in total. The Balaban J connectivity index is 1.58. The molecule has 5 rings (SSSR count). The molecule has 0 bridgehead atoms. The van der Waals surface area contributed by atoms with E-state index in [-0.39, 0.29) is 22.8 Å². The largest absolute Gasteiger partial charge is 0.374 e. The van der Waals surface area contributed by atoms with Crippen molar-refractivity contribution in [2.24, 2.45) is 11.3 Å². The molecule has 2 aliphatic carbocycles. The molecule has 24 heavy (non-hydrogen) atoms. The number of benzene rings is 1. The van der Waals surface area contributed by atoms with Crippen LogP contribution in [0, 0.1) is 18.3 Å². The third-order valence-electron chi connectivity index (χ3n) is 6.66. The molecule has 2 saturated carbocycles. The number of carbonyl (C=O) groups is 2. The second kappa shape index (κ2) is 4.60. The fourth-order valence-corrected chi connectivity index (χ4v) is 5.14. The number of anilines is 1.